The lowest BCUT2D eigenvalue weighted by atomic mass is 9.93. The summed E-state index contributed by atoms with van der Waals surface area (Å²) in [6.45, 7) is 0. The van der Waals surface area contributed by atoms with E-state index in [1.807, 2.05) is 36.4 Å². The fourth-order valence-electron chi connectivity index (χ4n) is 3.39. The summed E-state index contributed by atoms with van der Waals surface area (Å²) in [6.07, 6.45) is 5.30. The van der Waals surface area contributed by atoms with Crippen LogP contribution in [0.15, 0.2) is 36.4 Å². The third-order valence-electron chi connectivity index (χ3n) is 4.99. The highest BCUT2D eigenvalue weighted by atomic mass is 16.3. The highest BCUT2D eigenvalue weighted by Gasteiger charge is 2.30. The Morgan fingerprint density at radius 2 is 1.79 bits per heavy atom. The average molecular weight is 325 g/mol. The summed E-state index contributed by atoms with van der Waals surface area (Å²) in [6, 6.07) is 11.9. The number of amides is 1. The highest BCUT2D eigenvalue weighted by molar-refractivity contribution is 5.93. The van der Waals surface area contributed by atoms with Crippen LogP contribution in [0.1, 0.15) is 60.6 Å². The summed E-state index contributed by atoms with van der Waals surface area (Å²) in [5, 5.41) is 17.4. The summed E-state index contributed by atoms with van der Waals surface area (Å²) in [7, 11) is 0. The molecule has 2 aromatic rings. The van der Waals surface area contributed by atoms with Crippen LogP contribution < -0.4 is 5.32 Å². The molecule has 2 aliphatic carbocycles. The maximum Gasteiger partial charge on any atom is 0.270 e. The molecule has 1 aromatic heterocycles. The van der Waals surface area contributed by atoms with Crippen molar-refractivity contribution in [2.24, 2.45) is 0 Å². The van der Waals surface area contributed by atoms with Crippen molar-refractivity contribution in [2.75, 3.05) is 0 Å². The van der Waals surface area contributed by atoms with Gasteiger partial charge < -0.3 is 10.4 Å². The smallest absolute Gasteiger partial charge is 0.270 e. The minimum atomic E-state index is -0.213. The van der Waals surface area contributed by atoms with Crippen molar-refractivity contribution in [1.82, 2.24) is 15.1 Å². The monoisotopic (exact) mass is 325 g/mol. The van der Waals surface area contributed by atoms with Crippen LogP contribution in [-0.4, -0.2) is 32.9 Å². The predicted octanol–water partition coefficient (Wildman–Crippen LogP) is 2.78. The number of carbonyl (C=O) groups is 1. The molecule has 1 heterocycles. The van der Waals surface area contributed by atoms with E-state index in [1.54, 1.807) is 4.68 Å². The number of nitrogens with one attached hydrogen (secondary N) is 1. The van der Waals surface area contributed by atoms with E-state index in [9.17, 15) is 9.90 Å². The van der Waals surface area contributed by atoms with Crippen LogP contribution in [0, 0.1) is 0 Å². The molecule has 2 aliphatic rings. The lowest BCUT2D eigenvalue weighted by molar-refractivity contribution is 0.0860. The summed E-state index contributed by atoms with van der Waals surface area (Å²) in [5.41, 5.74) is 2.53. The van der Waals surface area contributed by atoms with E-state index in [0.717, 1.165) is 49.9 Å². The van der Waals surface area contributed by atoms with Crippen LogP contribution >= 0.6 is 0 Å². The molecule has 1 aromatic carbocycles. The van der Waals surface area contributed by atoms with Gasteiger partial charge >= 0.3 is 0 Å². The van der Waals surface area contributed by atoms with Gasteiger partial charge in [-0.25, -0.2) is 4.68 Å². The number of aromatic nitrogens is 2. The van der Waals surface area contributed by atoms with Crippen molar-refractivity contribution < 1.29 is 9.90 Å². The lowest BCUT2D eigenvalue weighted by Crippen LogP contribution is -2.39. The van der Waals surface area contributed by atoms with E-state index in [-0.39, 0.29) is 18.1 Å². The molecule has 24 heavy (non-hydrogen) atoms. The number of hydrogen-bond donors (Lipinski definition) is 2. The standard InChI is InChI=1S/C19H23N3O2/c23-16-10-8-14(9-11-16)20-19(24)18-12-17(13-6-7-13)21-22(18)15-4-2-1-3-5-15/h1-5,12-14,16,23H,6-11H2,(H,20,24). The maximum atomic E-state index is 12.8. The van der Waals surface area contributed by atoms with E-state index in [4.69, 9.17) is 0 Å². The van der Waals surface area contributed by atoms with Crippen molar-refractivity contribution in [3.05, 3.63) is 47.8 Å². The molecule has 5 heteroatoms. The Balaban J connectivity index is 1.58. The Labute approximate surface area is 141 Å². The second-order valence-electron chi connectivity index (χ2n) is 6.95. The van der Waals surface area contributed by atoms with Gasteiger partial charge in [-0.2, -0.15) is 5.10 Å². The molecule has 126 valence electrons. The fraction of sp³-hybridized carbons (Fsp3) is 0.474. The summed E-state index contributed by atoms with van der Waals surface area (Å²) < 4.78 is 1.76. The molecule has 2 N–H and O–H groups in total. The second-order valence-corrected chi connectivity index (χ2v) is 6.95. The van der Waals surface area contributed by atoms with E-state index in [0.29, 0.717) is 11.6 Å². The molecule has 0 aliphatic heterocycles. The van der Waals surface area contributed by atoms with Crippen molar-refractivity contribution in [3.63, 3.8) is 0 Å². The first-order valence-electron chi connectivity index (χ1n) is 8.85. The Hall–Kier alpha value is -2.14. The Kier molecular flexibility index (Phi) is 4.10. The van der Waals surface area contributed by atoms with Crippen LogP contribution in [0.3, 0.4) is 0 Å². The average Bonchev–Trinajstić information content (AvgIpc) is 3.36. The predicted molar refractivity (Wildman–Crippen MR) is 91.3 cm³/mol. The van der Waals surface area contributed by atoms with Gasteiger partial charge in [-0.15, -0.1) is 0 Å². The quantitative estimate of drug-likeness (QED) is 0.908. The molecule has 1 amide bonds. The summed E-state index contributed by atoms with van der Waals surface area (Å²) in [4.78, 5) is 12.8. The van der Waals surface area contributed by atoms with Crippen molar-refractivity contribution >= 4 is 5.91 Å². The van der Waals surface area contributed by atoms with Crippen molar-refractivity contribution in [2.45, 2.75) is 56.6 Å². The third-order valence-corrected chi connectivity index (χ3v) is 4.99. The van der Waals surface area contributed by atoms with E-state index < -0.39 is 0 Å². The maximum absolute atomic E-state index is 12.8. The number of nitrogens with zero attached hydrogens (tertiary/aromatic N) is 2. The van der Waals surface area contributed by atoms with Crippen LogP contribution in [-0.2, 0) is 0 Å². The van der Waals surface area contributed by atoms with Crippen LogP contribution in [0.2, 0.25) is 0 Å². The number of aliphatic hydroxyl groups is 1. The number of benzene rings is 1. The van der Waals surface area contributed by atoms with Gasteiger partial charge in [0.15, 0.2) is 0 Å². The molecule has 0 bridgehead atoms. The normalized spacial score (nSPS) is 23.9. The molecule has 0 radical (unpaired) electrons. The summed E-state index contributed by atoms with van der Waals surface area (Å²) in [5.74, 6) is 0.436. The van der Waals surface area contributed by atoms with Gasteiger partial charge in [-0.3, -0.25) is 4.79 Å². The van der Waals surface area contributed by atoms with Crippen LogP contribution in [0.25, 0.3) is 5.69 Å². The third kappa shape index (κ3) is 3.22. The zero-order valence-electron chi connectivity index (χ0n) is 13.7. The topological polar surface area (TPSA) is 67.2 Å². The number of hydrogen-bond acceptors (Lipinski definition) is 3. The van der Waals surface area contributed by atoms with E-state index in [2.05, 4.69) is 10.4 Å². The first-order valence-corrected chi connectivity index (χ1v) is 8.85. The molecular formula is C19H23N3O2. The molecule has 2 fully saturated rings. The van der Waals surface area contributed by atoms with Gasteiger partial charge in [0.1, 0.15) is 5.69 Å². The highest BCUT2D eigenvalue weighted by Crippen LogP contribution is 2.39. The first-order chi connectivity index (χ1) is 11.7. The molecule has 0 saturated heterocycles. The number of para-hydroxylation sites is 1. The van der Waals surface area contributed by atoms with Crippen molar-refractivity contribution in [3.8, 4) is 5.69 Å². The molecular weight excluding hydrogens is 302 g/mol. The SMILES string of the molecule is O=C(NC1CCC(O)CC1)c1cc(C2CC2)nn1-c1ccccc1. The largest absolute Gasteiger partial charge is 0.393 e. The molecule has 5 nitrogen and oxygen atoms in total. The van der Waals surface area contributed by atoms with Crippen LogP contribution in [0.5, 0.6) is 0 Å². The fourth-order valence-corrected chi connectivity index (χ4v) is 3.39. The lowest BCUT2D eigenvalue weighted by Gasteiger charge is -2.26. The first kappa shape index (κ1) is 15.4. The zero-order valence-corrected chi connectivity index (χ0v) is 13.7. The summed E-state index contributed by atoms with van der Waals surface area (Å²) >= 11 is 0. The Morgan fingerprint density at radius 3 is 2.46 bits per heavy atom. The van der Waals surface area contributed by atoms with Crippen LogP contribution in [0.4, 0.5) is 0 Å². The van der Waals surface area contributed by atoms with Gasteiger partial charge in [0, 0.05) is 12.0 Å². The van der Waals surface area contributed by atoms with Crippen molar-refractivity contribution in [1.29, 1.82) is 0 Å². The molecule has 2 saturated carbocycles. The Morgan fingerprint density at radius 1 is 1.08 bits per heavy atom. The van der Waals surface area contributed by atoms with Gasteiger partial charge in [-0.1, -0.05) is 18.2 Å². The molecule has 4 rings (SSSR count). The zero-order chi connectivity index (χ0) is 16.5. The molecule has 0 atom stereocenters. The van der Waals surface area contributed by atoms with Gasteiger partial charge in [0.25, 0.3) is 5.91 Å². The number of aliphatic hydroxyl groups excluding tert-OH is 1. The van der Waals surface area contributed by atoms with Gasteiger partial charge in [-0.05, 0) is 56.7 Å². The van der Waals surface area contributed by atoms with E-state index in [1.165, 1.54) is 0 Å². The second kappa shape index (κ2) is 6.40. The molecule has 0 unspecified atom stereocenters. The molecule has 0 spiro atoms. The van der Waals surface area contributed by atoms with E-state index >= 15 is 0 Å². The number of carbonyl (C=O) groups excluding carboxylic acids is 1. The van der Waals surface area contributed by atoms with Gasteiger partial charge in [0.05, 0.1) is 17.5 Å². The Bertz CT molecular complexity index is 713. The minimum absolute atomic E-state index is 0.0698. The number of rotatable bonds is 4. The van der Waals surface area contributed by atoms with Gasteiger partial charge in [0.2, 0.25) is 0 Å². The minimum Gasteiger partial charge on any atom is -0.393 e.